The van der Waals surface area contributed by atoms with E-state index in [2.05, 4.69) is 0 Å². The maximum absolute atomic E-state index is 13.8. The Morgan fingerprint density at radius 1 is 0.966 bits per heavy atom. The number of carbonyl (C=O) groups is 2. The van der Waals surface area contributed by atoms with E-state index >= 15 is 0 Å². The van der Waals surface area contributed by atoms with Crippen molar-refractivity contribution in [1.29, 1.82) is 0 Å². The number of Topliss-reactive ketones (excluding diaryl/α,β-unsaturated/α-hetero) is 1. The van der Waals surface area contributed by atoms with Crippen LogP contribution in [0.15, 0.2) is 72.8 Å². The van der Waals surface area contributed by atoms with E-state index in [0.717, 1.165) is 16.7 Å². The average Bonchev–Trinajstić information content (AvgIpc) is 3.05. The standard InChI is InChI=1S/C25H20O4/c1-2-28-24(27)25(15-16-9-3-4-10-17(16)23(25)26)22-18-11-5-7-13-20(18)29-21-14-8-6-12-19(21)22/h3-14,22H,2,15H2,1H3/t25-/m1/s1. The van der Waals surface area contributed by atoms with Crippen LogP contribution in [0.25, 0.3) is 0 Å². The minimum Gasteiger partial charge on any atom is -0.465 e. The second-order valence-electron chi connectivity index (χ2n) is 7.47. The molecular weight excluding hydrogens is 364 g/mol. The molecule has 0 saturated heterocycles. The second-order valence-corrected chi connectivity index (χ2v) is 7.47. The van der Waals surface area contributed by atoms with Gasteiger partial charge in [0.15, 0.2) is 5.78 Å². The lowest BCUT2D eigenvalue weighted by molar-refractivity contribution is -0.152. The molecule has 5 rings (SSSR count). The summed E-state index contributed by atoms with van der Waals surface area (Å²) in [5, 5.41) is 0. The van der Waals surface area contributed by atoms with Crippen molar-refractivity contribution in [2.75, 3.05) is 6.61 Å². The molecule has 1 aliphatic carbocycles. The summed E-state index contributed by atoms with van der Waals surface area (Å²) in [7, 11) is 0. The number of para-hydroxylation sites is 2. The Morgan fingerprint density at radius 2 is 1.55 bits per heavy atom. The van der Waals surface area contributed by atoms with Crippen molar-refractivity contribution < 1.29 is 19.1 Å². The van der Waals surface area contributed by atoms with Gasteiger partial charge in [-0.3, -0.25) is 9.59 Å². The average molecular weight is 384 g/mol. The molecule has 2 aliphatic rings. The van der Waals surface area contributed by atoms with Gasteiger partial charge in [-0.05, 0) is 31.0 Å². The number of rotatable bonds is 3. The Morgan fingerprint density at radius 3 is 2.17 bits per heavy atom. The van der Waals surface area contributed by atoms with Gasteiger partial charge in [0.05, 0.1) is 6.61 Å². The molecule has 1 heterocycles. The molecule has 0 radical (unpaired) electrons. The predicted molar refractivity (Wildman–Crippen MR) is 108 cm³/mol. The molecule has 0 N–H and O–H groups in total. The van der Waals surface area contributed by atoms with Crippen molar-refractivity contribution in [1.82, 2.24) is 0 Å². The molecule has 3 aromatic carbocycles. The molecule has 1 aliphatic heterocycles. The van der Waals surface area contributed by atoms with Crippen molar-refractivity contribution in [2.45, 2.75) is 19.3 Å². The van der Waals surface area contributed by atoms with Gasteiger partial charge in [-0.25, -0.2) is 0 Å². The first-order chi connectivity index (χ1) is 14.2. The fraction of sp³-hybridized carbons (Fsp3) is 0.200. The molecule has 0 unspecified atom stereocenters. The van der Waals surface area contributed by atoms with Gasteiger partial charge in [0.1, 0.15) is 16.9 Å². The molecule has 29 heavy (non-hydrogen) atoms. The van der Waals surface area contributed by atoms with Crippen molar-refractivity contribution in [3.63, 3.8) is 0 Å². The quantitative estimate of drug-likeness (QED) is 0.475. The van der Waals surface area contributed by atoms with E-state index in [4.69, 9.17) is 9.47 Å². The summed E-state index contributed by atoms with van der Waals surface area (Å²) in [4.78, 5) is 27.3. The minimum atomic E-state index is -1.35. The van der Waals surface area contributed by atoms with Crippen LogP contribution in [0.1, 0.15) is 39.9 Å². The van der Waals surface area contributed by atoms with E-state index in [9.17, 15) is 9.59 Å². The van der Waals surface area contributed by atoms with Crippen LogP contribution in [0.2, 0.25) is 0 Å². The van der Waals surface area contributed by atoms with Crippen molar-refractivity contribution in [3.05, 3.63) is 95.1 Å². The van der Waals surface area contributed by atoms with E-state index in [1.165, 1.54) is 0 Å². The molecule has 1 atom stereocenters. The number of benzene rings is 3. The third-order valence-corrected chi connectivity index (χ3v) is 5.95. The number of carbonyl (C=O) groups excluding carboxylic acids is 2. The zero-order valence-electron chi connectivity index (χ0n) is 16.1. The fourth-order valence-electron chi connectivity index (χ4n) is 4.73. The minimum absolute atomic E-state index is 0.178. The summed E-state index contributed by atoms with van der Waals surface area (Å²) >= 11 is 0. The molecule has 3 aromatic rings. The van der Waals surface area contributed by atoms with E-state index in [0.29, 0.717) is 23.5 Å². The van der Waals surface area contributed by atoms with Crippen LogP contribution in [0.3, 0.4) is 0 Å². The number of fused-ring (bicyclic) bond motifs is 3. The number of hydrogen-bond donors (Lipinski definition) is 0. The molecule has 0 amide bonds. The first-order valence-electron chi connectivity index (χ1n) is 9.82. The van der Waals surface area contributed by atoms with Crippen LogP contribution < -0.4 is 4.74 Å². The topological polar surface area (TPSA) is 52.6 Å². The molecule has 144 valence electrons. The Labute approximate surface area is 169 Å². The van der Waals surface area contributed by atoms with Crippen LogP contribution in [0, 0.1) is 5.41 Å². The van der Waals surface area contributed by atoms with Gasteiger partial charge < -0.3 is 9.47 Å². The Balaban J connectivity index is 1.79. The van der Waals surface area contributed by atoms with E-state index in [-0.39, 0.29) is 12.4 Å². The lowest BCUT2D eigenvalue weighted by Crippen LogP contribution is -2.45. The van der Waals surface area contributed by atoms with Gasteiger partial charge in [-0.2, -0.15) is 0 Å². The van der Waals surface area contributed by atoms with Crippen molar-refractivity contribution in [2.24, 2.45) is 5.41 Å². The Kier molecular flexibility index (Phi) is 4.02. The highest BCUT2D eigenvalue weighted by atomic mass is 16.5. The monoisotopic (exact) mass is 384 g/mol. The number of ether oxygens (including phenoxy) is 2. The van der Waals surface area contributed by atoms with E-state index in [1.54, 1.807) is 13.0 Å². The molecule has 0 spiro atoms. The van der Waals surface area contributed by atoms with E-state index in [1.807, 2.05) is 66.7 Å². The molecule has 0 bridgehead atoms. The summed E-state index contributed by atoms with van der Waals surface area (Å²) in [6.07, 6.45) is 0.314. The SMILES string of the molecule is CCOC(=O)[C@@]1(C2c3ccccc3Oc3ccccc32)Cc2ccccc2C1=O. The molecule has 4 heteroatoms. The maximum Gasteiger partial charge on any atom is 0.321 e. The van der Waals surface area contributed by atoms with Crippen LogP contribution in [0.5, 0.6) is 11.5 Å². The normalized spacial score (nSPS) is 19.7. The summed E-state index contributed by atoms with van der Waals surface area (Å²) in [6.45, 7) is 1.99. The number of hydrogen-bond acceptors (Lipinski definition) is 4. The second kappa shape index (κ2) is 6.59. The predicted octanol–water partition coefficient (Wildman–Crippen LogP) is 4.91. The third kappa shape index (κ3) is 2.45. The largest absolute Gasteiger partial charge is 0.465 e. The van der Waals surface area contributed by atoms with Crippen LogP contribution in [-0.4, -0.2) is 18.4 Å². The lowest BCUT2D eigenvalue weighted by Gasteiger charge is -2.38. The first-order valence-corrected chi connectivity index (χ1v) is 9.82. The van der Waals surface area contributed by atoms with Crippen LogP contribution >= 0.6 is 0 Å². The summed E-state index contributed by atoms with van der Waals surface area (Å²) < 4.78 is 11.6. The Bertz CT molecular complexity index is 1090. The first kappa shape index (κ1) is 17.7. The molecular formula is C25H20O4. The van der Waals surface area contributed by atoms with Gasteiger partial charge in [0, 0.05) is 22.6 Å². The maximum atomic E-state index is 13.8. The molecule has 4 nitrogen and oxygen atoms in total. The molecule has 0 fully saturated rings. The van der Waals surface area contributed by atoms with Gasteiger partial charge in [0.2, 0.25) is 0 Å². The number of esters is 1. The van der Waals surface area contributed by atoms with E-state index < -0.39 is 17.3 Å². The van der Waals surface area contributed by atoms with Crippen molar-refractivity contribution in [3.8, 4) is 11.5 Å². The third-order valence-electron chi connectivity index (χ3n) is 5.95. The van der Waals surface area contributed by atoms with Crippen LogP contribution in [-0.2, 0) is 16.0 Å². The lowest BCUT2D eigenvalue weighted by atomic mass is 9.65. The fourth-order valence-corrected chi connectivity index (χ4v) is 4.73. The highest BCUT2D eigenvalue weighted by Gasteiger charge is 2.60. The summed E-state index contributed by atoms with van der Waals surface area (Å²) in [5.74, 6) is 0.204. The highest BCUT2D eigenvalue weighted by molar-refractivity contribution is 6.17. The zero-order valence-corrected chi connectivity index (χ0v) is 16.1. The summed E-state index contributed by atoms with van der Waals surface area (Å²) in [6, 6.07) is 22.7. The summed E-state index contributed by atoms with van der Waals surface area (Å²) in [5.41, 5.74) is 1.80. The van der Waals surface area contributed by atoms with Gasteiger partial charge in [-0.1, -0.05) is 60.7 Å². The van der Waals surface area contributed by atoms with Crippen LogP contribution in [0.4, 0.5) is 0 Å². The molecule has 0 aromatic heterocycles. The number of ketones is 1. The Hall–Kier alpha value is -3.40. The molecule has 0 saturated carbocycles. The van der Waals surface area contributed by atoms with Gasteiger partial charge in [0.25, 0.3) is 0 Å². The van der Waals surface area contributed by atoms with Gasteiger partial charge in [-0.15, -0.1) is 0 Å². The van der Waals surface area contributed by atoms with Gasteiger partial charge >= 0.3 is 5.97 Å². The highest BCUT2D eigenvalue weighted by Crippen LogP contribution is 2.57. The van der Waals surface area contributed by atoms with Crippen molar-refractivity contribution >= 4 is 11.8 Å². The zero-order chi connectivity index (χ0) is 20.0. The smallest absolute Gasteiger partial charge is 0.321 e.